The Balaban J connectivity index is 0.00000338. The van der Waals surface area contributed by atoms with Crippen molar-refractivity contribution in [1.29, 1.82) is 0 Å². The van der Waals surface area contributed by atoms with Gasteiger partial charge in [0.2, 0.25) is 0 Å². The summed E-state index contributed by atoms with van der Waals surface area (Å²) in [7, 11) is 3.18. The zero-order chi connectivity index (χ0) is 18.1. The molecule has 0 atom stereocenters. The van der Waals surface area contributed by atoms with Crippen LogP contribution in [0.3, 0.4) is 0 Å². The Labute approximate surface area is 171 Å². The van der Waals surface area contributed by atoms with Gasteiger partial charge in [0.15, 0.2) is 17.5 Å². The predicted molar refractivity (Wildman–Crippen MR) is 110 cm³/mol. The number of guanidine groups is 1. The van der Waals surface area contributed by atoms with E-state index in [0.29, 0.717) is 24.8 Å². The fourth-order valence-electron chi connectivity index (χ4n) is 3.02. The molecule has 1 aromatic carbocycles. The van der Waals surface area contributed by atoms with Crippen molar-refractivity contribution in [2.24, 2.45) is 4.99 Å². The molecular formula is C18H28F2IN3O2. The lowest BCUT2D eigenvalue weighted by atomic mass is 9.96. The van der Waals surface area contributed by atoms with Crippen molar-refractivity contribution in [3.05, 3.63) is 23.8 Å². The fraction of sp³-hybridized carbons (Fsp3) is 0.611. The van der Waals surface area contributed by atoms with Crippen molar-refractivity contribution in [3.8, 4) is 11.5 Å². The van der Waals surface area contributed by atoms with E-state index >= 15 is 0 Å². The predicted octanol–water partition coefficient (Wildman–Crippen LogP) is 3.95. The number of rotatable bonds is 7. The lowest BCUT2D eigenvalue weighted by Crippen LogP contribution is -2.44. The van der Waals surface area contributed by atoms with Gasteiger partial charge in [0, 0.05) is 19.6 Å². The van der Waals surface area contributed by atoms with Crippen LogP contribution in [0.2, 0.25) is 0 Å². The summed E-state index contributed by atoms with van der Waals surface area (Å²) >= 11 is 0. The van der Waals surface area contributed by atoms with E-state index in [1.165, 1.54) is 39.2 Å². The van der Waals surface area contributed by atoms with Gasteiger partial charge in [-0.25, -0.2) is 0 Å². The number of alkyl halides is 2. The number of ether oxygens (including phenoxy) is 2. The molecule has 148 valence electrons. The van der Waals surface area contributed by atoms with Gasteiger partial charge in [0.25, 0.3) is 0 Å². The molecular weight excluding hydrogens is 455 g/mol. The monoisotopic (exact) mass is 483 g/mol. The van der Waals surface area contributed by atoms with E-state index < -0.39 is 6.61 Å². The third-order valence-corrected chi connectivity index (χ3v) is 4.32. The van der Waals surface area contributed by atoms with Crippen LogP contribution in [0.15, 0.2) is 23.2 Å². The summed E-state index contributed by atoms with van der Waals surface area (Å²) in [6.07, 6.45) is 6.83. The molecule has 0 spiro atoms. The maximum atomic E-state index is 12.5. The van der Waals surface area contributed by atoms with Crippen LogP contribution < -0.4 is 20.1 Å². The fourth-order valence-corrected chi connectivity index (χ4v) is 3.02. The highest BCUT2D eigenvalue weighted by atomic mass is 127. The largest absolute Gasteiger partial charge is 0.493 e. The Bertz CT molecular complexity index is 567. The number of nitrogens with one attached hydrogen (secondary N) is 2. The zero-order valence-corrected chi connectivity index (χ0v) is 17.6. The van der Waals surface area contributed by atoms with Crippen LogP contribution in [0, 0.1) is 0 Å². The van der Waals surface area contributed by atoms with Gasteiger partial charge in [-0.05, 0) is 37.0 Å². The van der Waals surface area contributed by atoms with Crippen LogP contribution >= 0.6 is 24.0 Å². The molecule has 0 aliphatic heterocycles. The smallest absolute Gasteiger partial charge is 0.387 e. The van der Waals surface area contributed by atoms with Gasteiger partial charge < -0.3 is 20.1 Å². The average molecular weight is 483 g/mol. The van der Waals surface area contributed by atoms with Crippen molar-refractivity contribution in [2.75, 3.05) is 20.7 Å². The molecule has 26 heavy (non-hydrogen) atoms. The van der Waals surface area contributed by atoms with Crippen LogP contribution in [0.25, 0.3) is 0 Å². The molecule has 1 aliphatic rings. The van der Waals surface area contributed by atoms with Crippen LogP contribution in [-0.2, 0) is 6.42 Å². The van der Waals surface area contributed by atoms with Crippen molar-refractivity contribution in [2.45, 2.75) is 51.2 Å². The second-order valence-corrected chi connectivity index (χ2v) is 6.09. The summed E-state index contributed by atoms with van der Waals surface area (Å²) in [5, 5.41) is 6.72. The van der Waals surface area contributed by atoms with Crippen LogP contribution in [0.5, 0.6) is 11.5 Å². The lowest BCUT2D eigenvalue weighted by Gasteiger charge is -2.24. The normalized spacial score (nSPS) is 15.3. The highest BCUT2D eigenvalue weighted by Gasteiger charge is 2.14. The standard InChI is InChI=1S/C18H27F2N3O2.HI/c1-21-18(23-14-6-4-3-5-7-14)22-11-10-13-8-9-15(24-2)16(12-13)25-17(19)20;/h8-9,12,14,17H,3-7,10-11H2,1-2H3,(H2,21,22,23);1H. The van der Waals surface area contributed by atoms with Gasteiger partial charge in [-0.1, -0.05) is 25.3 Å². The van der Waals surface area contributed by atoms with E-state index in [4.69, 9.17) is 4.74 Å². The number of aliphatic imine (C=N–C) groups is 1. The van der Waals surface area contributed by atoms with Gasteiger partial charge in [-0.15, -0.1) is 24.0 Å². The van der Waals surface area contributed by atoms with E-state index in [1.807, 2.05) is 6.07 Å². The van der Waals surface area contributed by atoms with Gasteiger partial charge in [0.05, 0.1) is 7.11 Å². The third kappa shape index (κ3) is 7.51. The van der Waals surface area contributed by atoms with Gasteiger partial charge >= 0.3 is 6.61 Å². The van der Waals surface area contributed by atoms with E-state index in [9.17, 15) is 8.78 Å². The molecule has 1 fully saturated rings. The maximum absolute atomic E-state index is 12.5. The first kappa shape index (κ1) is 22.7. The first-order chi connectivity index (χ1) is 12.1. The summed E-state index contributed by atoms with van der Waals surface area (Å²) in [6, 6.07) is 5.55. The molecule has 1 saturated carbocycles. The Hall–Kier alpha value is -1.32. The van der Waals surface area contributed by atoms with Crippen molar-refractivity contribution < 1.29 is 18.3 Å². The molecule has 2 rings (SSSR count). The highest BCUT2D eigenvalue weighted by Crippen LogP contribution is 2.29. The molecule has 0 radical (unpaired) electrons. The van der Waals surface area contributed by atoms with E-state index in [2.05, 4.69) is 20.4 Å². The number of nitrogens with zero attached hydrogens (tertiary/aromatic N) is 1. The Morgan fingerprint density at radius 3 is 2.58 bits per heavy atom. The molecule has 5 nitrogen and oxygen atoms in total. The molecule has 1 aromatic rings. The van der Waals surface area contributed by atoms with Crippen molar-refractivity contribution in [1.82, 2.24) is 10.6 Å². The van der Waals surface area contributed by atoms with E-state index in [0.717, 1.165) is 11.5 Å². The Morgan fingerprint density at radius 2 is 1.96 bits per heavy atom. The maximum Gasteiger partial charge on any atom is 0.387 e. The van der Waals surface area contributed by atoms with Crippen LogP contribution in [0.4, 0.5) is 8.78 Å². The lowest BCUT2D eigenvalue weighted by molar-refractivity contribution is -0.0512. The SMILES string of the molecule is CN=C(NCCc1ccc(OC)c(OC(F)F)c1)NC1CCCCC1.I. The van der Waals surface area contributed by atoms with Gasteiger partial charge in [0.1, 0.15) is 0 Å². The first-order valence-corrected chi connectivity index (χ1v) is 8.71. The minimum Gasteiger partial charge on any atom is -0.493 e. The average Bonchev–Trinajstić information content (AvgIpc) is 2.61. The van der Waals surface area contributed by atoms with Crippen molar-refractivity contribution in [3.63, 3.8) is 0 Å². The first-order valence-electron chi connectivity index (χ1n) is 8.71. The Morgan fingerprint density at radius 1 is 1.23 bits per heavy atom. The van der Waals surface area contributed by atoms with Gasteiger partial charge in [-0.3, -0.25) is 4.99 Å². The van der Waals surface area contributed by atoms with Gasteiger partial charge in [-0.2, -0.15) is 8.78 Å². The molecule has 8 heteroatoms. The minimum absolute atomic E-state index is 0. The van der Waals surface area contributed by atoms with Crippen molar-refractivity contribution >= 4 is 29.9 Å². The molecule has 0 heterocycles. The number of halogens is 3. The molecule has 0 aromatic heterocycles. The zero-order valence-electron chi connectivity index (χ0n) is 15.3. The molecule has 0 unspecified atom stereocenters. The molecule has 0 bridgehead atoms. The molecule has 0 saturated heterocycles. The summed E-state index contributed by atoms with van der Waals surface area (Å²) in [4.78, 5) is 4.25. The summed E-state index contributed by atoms with van der Waals surface area (Å²) in [5.74, 6) is 1.14. The Kier molecular flexibility index (Phi) is 10.6. The summed E-state index contributed by atoms with van der Waals surface area (Å²) < 4.78 is 34.5. The number of hydrogen-bond acceptors (Lipinski definition) is 3. The third-order valence-electron chi connectivity index (χ3n) is 4.32. The van der Waals surface area contributed by atoms with Crippen LogP contribution in [0.1, 0.15) is 37.7 Å². The number of hydrogen-bond donors (Lipinski definition) is 2. The topological polar surface area (TPSA) is 54.9 Å². The van der Waals surface area contributed by atoms with E-state index in [-0.39, 0.29) is 29.7 Å². The molecule has 1 aliphatic carbocycles. The highest BCUT2D eigenvalue weighted by molar-refractivity contribution is 14.0. The molecule has 0 amide bonds. The summed E-state index contributed by atoms with van der Waals surface area (Å²) in [6.45, 7) is -2.23. The second kappa shape index (κ2) is 12.1. The van der Waals surface area contributed by atoms with Crippen LogP contribution in [-0.4, -0.2) is 39.3 Å². The molecule has 2 N–H and O–H groups in total. The van der Waals surface area contributed by atoms with E-state index in [1.54, 1.807) is 19.2 Å². The second-order valence-electron chi connectivity index (χ2n) is 6.09. The minimum atomic E-state index is -2.87. The number of benzene rings is 1. The summed E-state index contributed by atoms with van der Waals surface area (Å²) in [5.41, 5.74) is 0.886. The number of methoxy groups -OCH3 is 1. The quantitative estimate of drug-likeness (QED) is 0.351.